The molecule has 9 heteroatoms. The Kier molecular flexibility index (Phi) is 9.64. The van der Waals surface area contributed by atoms with Crippen LogP contribution in [0.25, 0.3) is 0 Å². The van der Waals surface area contributed by atoms with Crippen LogP contribution in [0.1, 0.15) is 43.6 Å². The second-order valence-corrected chi connectivity index (χ2v) is 10.3. The zero-order valence-electron chi connectivity index (χ0n) is 20.7. The van der Waals surface area contributed by atoms with E-state index in [4.69, 9.17) is 4.74 Å². The van der Waals surface area contributed by atoms with Gasteiger partial charge < -0.3 is 15.0 Å². The third-order valence-electron chi connectivity index (χ3n) is 5.63. The van der Waals surface area contributed by atoms with E-state index >= 15 is 0 Å². The first-order chi connectivity index (χ1) is 16.1. The van der Waals surface area contributed by atoms with E-state index in [1.807, 2.05) is 38.1 Å². The van der Waals surface area contributed by atoms with Crippen LogP contribution in [-0.2, 0) is 21.4 Å². The summed E-state index contributed by atoms with van der Waals surface area (Å²) in [5.74, 6) is -0.256. The van der Waals surface area contributed by atoms with Crippen molar-refractivity contribution < 1.29 is 22.7 Å². The summed E-state index contributed by atoms with van der Waals surface area (Å²) < 4.78 is 32.4. The molecule has 0 fully saturated rings. The maximum Gasteiger partial charge on any atom is 0.251 e. The summed E-state index contributed by atoms with van der Waals surface area (Å²) in [7, 11) is -0.457. The van der Waals surface area contributed by atoms with Gasteiger partial charge in [-0.25, -0.2) is 8.42 Å². The molecule has 0 radical (unpaired) electrons. The lowest BCUT2D eigenvalue weighted by Gasteiger charge is -2.27. The van der Waals surface area contributed by atoms with Gasteiger partial charge in [-0.2, -0.15) is 4.31 Å². The quantitative estimate of drug-likeness (QED) is 0.523. The minimum absolute atomic E-state index is 0.0459. The molecule has 0 aliphatic rings. The standard InChI is InChI=1S/C25H35N3O5S/c1-7-28(8-2)34(31,32)21-14-11-13-19(16-21)24(29)26-23(18(3)4)25(30)27(5)17-20-12-9-10-15-22(20)33-6/h9-16,18,23H,7-8,17H2,1-6H3,(H,26,29). The number of nitrogens with one attached hydrogen (secondary N) is 1. The maximum atomic E-state index is 13.2. The van der Waals surface area contributed by atoms with Gasteiger partial charge in [0.1, 0.15) is 11.8 Å². The fourth-order valence-corrected chi connectivity index (χ4v) is 5.16. The number of methoxy groups -OCH3 is 1. The summed E-state index contributed by atoms with van der Waals surface area (Å²) in [6.45, 7) is 8.20. The molecule has 0 aliphatic heterocycles. The molecule has 0 heterocycles. The predicted molar refractivity (Wildman–Crippen MR) is 132 cm³/mol. The topological polar surface area (TPSA) is 96.0 Å². The van der Waals surface area contributed by atoms with Gasteiger partial charge in [0, 0.05) is 37.8 Å². The first-order valence-electron chi connectivity index (χ1n) is 11.3. The lowest BCUT2D eigenvalue weighted by Crippen LogP contribution is -2.50. The average Bonchev–Trinajstić information content (AvgIpc) is 2.82. The number of nitrogens with zero attached hydrogens (tertiary/aromatic N) is 2. The van der Waals surface area contributed by atoms with Crippen LogP contribution in [0.15, 0.2) is 53.4 Å². The van der Waals surface area contributed by atoms with E-state index in [1.54, 1.807) is 32.9 Å². The van der Waals surface area contributed by atoms with Crippen LogP contribution in [0.2, 0.25) is 0 Å². The number of rotatable bonds is 11. The molecular formula is C25H35N3O5S. The fraction of sp³-hybridized carbons (Fsp3) is 0.440. The molecule has 8 nitrogen and oxygen atoms in total. The van der Waals surface area contributed by atoms with Crippen molar-refractivity contribution in [2.24, 2.45) is 5.92 Å². The number of sulfonamides is 1. The van der Waals surface area contributed by atoms with Gasteiger partial charge in [-0.1, -0.05) is 52.0 Å². The second kappa shape index (κ2) is 12.0. The number of carbonyl (C=O) groups is 2. The highest BCUT2D eigenvalue weighted by Gasteiger charge is 2.29. The highest BCUT2D eigenvalue weighted by Crippen LogP contribution is 2.20. The first kappa shape index (κ1) is 27.3. The van der Waals surface area contributed by atoms with Gasteiger partial charge in [0.15, 0.2) is 0 Å². The largest absolute Gasteiger partial charge is 0.496 e. The summed E-state index contributed by atoms with van der Waals surface area (Å²) in [6.07, 6.45) is 0. The Labute approximate surface area is 202 Å². The molecule has 1 unspecified atom stereocenters. The molecule has 1 atom stereocenters. The van der Waals surface area contributed by atoms with E-state index < -0.39 is 22.0 Å². The predicted octanol–water partition coefficient (Wildman–Crippen LogP) is 3.14. The number of carbonyl (C=O) groups excluding carboxylic acids is 2. The van der Waals surface area contributed by atoms with E-state index in [0.29, 0.717) is 25.4 Å². The van der Waals surface area contributed by atoms with Crippen molar-refractivity contribution in [3.63, 3.8) is 0 Å². The number of amides is 2. The van der Waals surface area contributed by atoms with Crippen LogP contribution in [0.3, 0.4) is 0 Å². The maximum absolute atomic E-state index is 13.2. The molecule has 0 saturated carbocycles. The Morgan fingerprint density at radius 3 is 2.26 bits per heavy atom. The van der Waals surface area contributed by atoms with Crippen LogP contribution in [0.5, 0.6) is 5.75 Å². The number of hydrogen-bond acceptors (Lipinski definition) is 5. The average molecular weight is 490 g/mol. The Morgan fingerprint density at radius 1 is 1.03 bits per heavy atom. The van der Waals surface area contributed by atoms with Gasteiger partial charge in [0.05, 0.1) is 12.0 Å². The van der Waals surface area contributed by atoms with Gasteiger partial charge in [0.2, 0.25) is 15.9 Å². The molecule has 0 spiro atoms. The molecule has 0 bridgehead atoms. The summed E-state index contributed by atoms with van der Waals surface area (Å²) in [6, 6.07) is 12.5. The van der Waals surface area contributed by atoms with E-state index in [0.717, 1.165) is 5.56 Å². The minimum atomic E-state index is -3.71. The third-order valence-corrected chi connectivity index (χ3v) is 7.68. The molecule has 2 rings (SSSR count). The summed E-state index contributed by atoms with van der Waals surface area (Å²) in [5, 5.41) is 2.79. The monoisotopic (exact) mass is 489 g/mol. The number of benzene rings is 2. The van der Waals surface area contributed by atoms with Gasteiger partial charge in [-0.3, -0.25) is 9.59 Å². The van der Waals surface area contributed by atoms with Gasteiger partial charge in [-0.05, 0) is 30.2 Å². The Bertz CT molecular complexity index is 1100. The summed E-state index contributed by atoms with van der Waals surface area (Å²) >= 11 is 0. The Balaban J connectivity index is 2.22. The van der Waals surface area contributed by atoms with Crippen molar-refractivity contribution in [1.29, 1.82) is 0 Å². The SMILES string of the molecule is CCN(CC)S(=O)(=O)c1cccc(C(=O)NC(C(=O)N(C)Cc2ccccc2OC)C(C)C)c1. The number of hydrogen-bond donors (Lipinski definition) is 1. The van der Waals surface area contributed by atoms with Crippen LogP contribution in [-0.4, -0.2) is 62.7 Å². The lowest BCUT2D eigenvalue weighted by molar-refractivity contribution is -0.133. The highest BCUT2D eigenvalue weighted by atomic mass is 32.2. The molecule has 1 N–H and O–H groups in total. The van der Waals surface area contributed by atoms with Gasteiger partial charge in [0.25, 0.3) is 5.91 Å². The van der Waals surface area contributed by atoms with Crippen molar-refractivity contribution >= 4 is 21.8 Å². The van der Waals surface area contributed by atoms with Crippen LogP contribution in [0.4, 0.5) is 0 Å². The van der Waals surface area contributed by atoms with Crippen molar-refractivity contribution in [1.82, 2.24) is 14.5 Å². The molecule has 0 saturated heterocycles. The van der Waals surface area contributed by atoms with Gasteiger partial charge in [-0.15, -0.1) is 0 Å². The van der Waals surface area contributed by atoms with E-state index in [9.17, 15) is 18.0 Å². The van der Waals surface area contributed by atoms with Gasteiger partial charge >= 0.3 is 0 Å². The second-order valence-electron chi connectivity index (χ2n) is 8.32. The lowest BCUT2D eigenvalue weighted by atomic mass is 10.0. The smallest absolute Gasteiger partial charge is 0.251 e. The van der Waals surface area contributed by atoms with Crippen LogP contribution < -0.4 is 10.1 Å². The number of ether oxygens (including phenoxy) is 1. The van der Waals surface area contributed by atoms with Crippen molar-refractivity contribution in [3.8, 4) is 5.75 Å². The van der Waals surface area contributed by atoms with Crippen LogP contribution in [0, 0.1) is 5.92 Å². The fourth-order valence-electron chi connectivity index (χ4n) is 3.65. The summed E-state index contributed by atoms with van der Waals surface area (Å²) in [5.41, 5.74) is 1.03. The van der Waals surface area contributed by atoms with E-state index in [1.165, 1.54) is 28.6 Å². The Morgan fingerprint density at radius 2 is 1.68 bits per heavy atom. The number of para-hydroxylation sites is 1. The number of likely N-dealkylation sites (N-methyl/N-ethyl adjacent to an activating group) is 1. The van der Waals surface area contributed by atoms with Crippen molar-refractivity contribution in [2.45, 2.75) is 45.2 Å². The normalized spacial score (nSPS) is 12.5. The molecular weight excluding hydrogens is 454 g/mol. The van der Waals surface area contributed by atoms with Crippen molar-refractivity contribution in [2.75, 3.05) is 27.2 Å². The van der Waals surface area contributed by atoms with E-state index in [2.05, 4.69) is 5.32 Å². The molecule has 2 aromatic rings. The molecule has 0 aromatic heterocycles. The Hall–Kier alpha value is -2.91. The minimum Gasteiger partial charge on any atom is -0.496 e. The highest BCUT2D eigenvalue weighted by molar-refractivity contribution is 7.89. The third kappa shape index (κ3) is 6.36. The molecule has 186 valence electrons. The zero-order valence-corrected chi connectivity index (χ0v) is 21.6. The zero-order chi connectivity index (χ0) is 25.5. The molecule has 0 aliphatic carbocycles. The summed E-state index contributed by atoms with van der Waals surface area (Å²) in [4.78, 5) is 27.8. The van der Waals surface area contributed by atoms with Crippen LogP contribution >= 0.6 is 0 Å². The first-order valence-corrected chi connectivity index (χ1v) is 12.8. The van der Waals surface area contributed by atoms with Crippen molar-refractivity contribution in [3.05, 3.63) is 59.7 Å². The molecule has 34 heavy (non-hydrogen) atoms. The molecule has 2 aromatic carbocycles. The van der Waals surface area contributed by atoms with E-state index in [-0.39, 0.29) is 22.3 Å². The molecule has 2 amide bonds.